The molecule has 2 aromatic heterocycles. The van der Waals surface area contributed by atoms with Crippen molar-refractivity contribution in [2.45, 2.75) is 57.8 Å². The molecule has 2 saturated heterocycles. The van der Waals surface area contributed by atoms with Gasteiger partial charge in [-0.3, -0.25) is 4.79 Å². The first-order valence-corrected chi connectivity index (χ1v) is 9.79. The van der Waals surface area contributed by atoms with E-state index in [1.54, 1.807) is 10.6 Å². The third kappa shape index (κ3) is 3.03. The zero-order chi connectivity index (χ0) is 18.3. The van der Waals surface area contributed by atoms with Crippen LogP contribution in [-0.4, -0.2) is 46.1 Å². The molecule has 1 N–H and O–H groups in total. The van der Waals surface area contributed by atoms with Crippen LogP contribution >= 0.6 is 0 Å². The van der Waals surface area contributed by atoms with Crippen molar-refractivity contribution in [3.05, 3.63) is 22.6 Å². The van der Waals surface area contributed by atoms with Gasteiger partial charge in [-0.25, -0.2) is 4.68 Å². The molecule has 2 fully saturated rings. The predicted octanol–water partition coefficient (Wildman–Crippen LogP) is 2.01. The summed E-state index contributed by atoms with van der Waals surface area (Å²) in [6.07, 6.45) is 6.25. The highest BCUT2D eigenvalue weighted by molar-refractivity contribution is 5.88. The van der Waals surface area contributed by atoms with Gasteiger partial charge in [0.1, 0.15) is 11.7 Å². The molecule has 0 bridgehead atoms. The average Bonchev–Trinajstić information content (AvgIpc) is 3.12. The summed E-state index contributed by atoms with van der Waals surface area (Å²) in [6, 6.07) is 2.51. The van der Waals surface area contributed by atoms with Gasteiger partial charge in [0.05, 0.1) is 17.4 Å². The second-order valence-corrected chi connectivity index (χ2v) is 7.61. The fourth-order valence-corrected chi connectivity index (χ4v) is 4.05. The smallest absolute Gasteiger partial charge is 0.252 e. The minimum atomic E-state index is -0.0251. The Bertz CT molecular complexity index is 836. The monoisotopic (exact) mass is 359 g/mol. The van der Waals surface area contributed by atoms with Gasteiger partial charge in [0.25, 0.3) is 5.56 Å². The minimum absolute atomic E-state index is 0.00962. The van der Waals surface area contributed by atoms with Gasteiger partial charge in [0, 0.05) is 44.9 Å². The summed E-state index contributed by atoms with van der Waals surface area (Å²) in [4.78, 5) is 14.9. The molecule has 0 amide bonds. The zero-order valence-corrected chi connectivity index (χ0v) is 15.9. The Morgan fingerprint density at radius 2 is 2.23 bits per heavy atom. The Morgan fingerprint density at radius 1 is 1.38 bits per heavy atom. The number of hydrogen-bond donors (Lipinski definition) is 1. The molecule has 7 heteroatoms. The summed E-state index contributed by atoms with van der Waals surface area (Å²) in [5, 5.41) is 8.45. The van der Waals surface area contributed by atoms with E-state index in [0.29, 0.717) is 12.1 Å². The van der Waals surface area contributed by atoms with Crippen LogP contribution in [0.25, 0.3) is 11.0 Å². The molecule has 2 aliphatic heterocycles. The van der Waals surface area contributed by atoms with Crippen molar-refractivity contribution < 1.29 is 4.74 Å². The quantitative estimate of drug-likeness (QED) is 0.908. The Balaban J connectivity index is 1.79. The van der Waals surface area contributed by atoms with E-state index in [2.05, 4.69) is 24.1 Å². The molecular formula is C19H29N5O2. The first-order chi connectivity index (χ1) is 12.6. The number of pyridine rings is 1. The number of nitrogens with zero attached hydrogens (tertiary/aromatic N) is 4. The van der Waals surface area contributed by atoms with Crippen molar-refractivity contribution >= 4 is 16.7 Å². The number of rotatable bonds is 3. The van der Waals surface area contributed by atoms with Gasteiger partial charge in [-0.1, -0.05) is 6.92 Å². The van der Waals surface area contributed by atoms with Gasteiger partial charge in [0.15, 0.2) is 0 Å². The maximum atomic E-state index is 12.6. The highest BCUT2D eigenvalue weighted by Crippen LogP contribution is 2.30. The van der Waals surface area contributed by atoms with Crippen LogP contribution in [0.1, 0.15) is 45.8 Å². The molecule has 7 nitrogen and oxygen atoms in total. The first-order valence-electron chi connectivity index (χ1n) is 9.79. The molecule has 0 spiro atoms. The van der Waals surface area contributed by atoms with Crippen molar-refractivity contribution in [1.29, 1.82) is 0 Å². The summed E-state index contributed by atoms with van der Waals surface area (Å²) >= 11 is 0. The molecule has 1 unspecified atom stereocenters. The van der Waals surface area contributed by atoms with Gasteiger partial charge in [0.2, 0.25) is 0 Å². The van der Waals surface area contributed by atoms with Crippen molar-refractivity contribution in [2.75, 3.05) is 24.6 Å². The second kappa shape index (κ2) is 7.04. The van der Waals surface area contributed by atoms with Crippen LogP contribution in [0.2, 0.25) is 0 Å². The van der Waals surface area contributed by atoms with E-state index >= 15 is 0 Å². The number of aryl methyl sites for hydroxylation is 1. The molecule has 4 heterocycles. The number of piperazine rings is 1. The van der Waals surface area contributed by atoms with Crippen LogP contribution in [0.3, 0.4) is 0 Å². The summed E-state index contributed by atoms with van der Waals surface area (Å²) in [5.74, 6) is 0. The molecule has 3 atom stereocenters. The largest absolute Gasteiger partial charge is 0.364 e. The Labute approximate surface area is 153 Å². The lowest BCUT2D eigenvalue weighted by atomic mass is 10.1. The lowest BCUT2D eigenvalue weighted by Crippen LogP contribution is -2.55. The van der Waals surface area contributed by atoms with Crippen LogP contribution in [0.4, 0.5) is 5.69 Å². The van der Waals surface area contributed by atoms with Crippen molar-refractivity contribution in [1.82, 2.24) is 19.7 Å². The van der Waals surface area contributed by atoms with E-state index < -0.39 is 0 Å². The van der Waals surface area contributed by atoms with E-state index in [0.717, 1.165) is 62.1 Å². The number of aromatic nitrogens is 3. The third-order valence-electron chi connectivity index (χ3n) is 5.81. The van der Waals surface area contributed by atoms with Gasteiger partial charge in [-0.15, -0.1) is 0 Å². The van der Waals surface area contributed by atoms with Crippen LogP contribution in [-0.2, 0) is 11.8 Å². The Kier molecular flexibility index (Phi) is 4.75. The summed E-state index contributed by atoms with van der Waals surface area (Å²) in [6.45, 7) is 6.98. The fraction of sp³-hybridized carbons (Fsp3) is 0.684. The molecule has 0 aromatic carbocycles. The minimum Gasteiger partial charge on any atom is -0.364 e. The molecule has 142 valence electrons. The molecule has 0 radical (unpaired) electrons. The Morgan fingerprint density at radius 3 is 2.96 bits per heavy atom. The zero-order valence-electron chi connectivity index (χ0n) is 15.9. The number of ether oxygens (including phenoxy) is 1. The molecule has 2 aliphatic rings. The van der Waals surface area contributed by atoms with E-state index in [4.69, 9.17) is 9.84 Å². The third-order valence-corrected chi connectivity index (χ3v) is 5.81. The van der Waals surface area contributed by atoms with Crippen LogP contribution in [0, 0.1) is 0 Å². The maximum absolute atomic E-state index is 12.6. The lowest BCUT2D eigenvalue weighted by molar-refractivity contribution is -0.0390. The normalized spacial score (nSPS) is 27.2. The molecule has 0 aliphatic carbocycles. The first kappa shape index (κ1) is 17.5. The van der Waals surface area contributed by atoms with E-state index in [9.17, 15) is 4.79 Å². The standard InChI is InChI=1S/C19H29N5O2/c1-4-14-11-23(13(2)10-20-14)15-9-17(25)22(3)16-12-24(21-19(15)16)18-7-5-6-8-26-18/h9,12-14,18,20H,4-8,10-11H2,1-3H3/t13-,14+,18?/m0/s1. The van der Waals surface area contributed by atoms with Gasteiger partial charge >= 0.3 is 0 Å². The van der Waals surface area contributed by atoms with Gasteiger partial charge in [-0.05, 0) is 32.6 Å². The molecule has 26 heavy (non-hydrogen) atoms. The fourth-order valence-electron chi connectivity index (χ4n) is 4.05. The van der Waals surface area contributed by atoms with Crippen molar-refractivity contribution in [3.8, 4) is 0 Å². The van der Waals surface area contributed by atoms with Crippen LogP contribution < -0.4 is 15.8 Å². The Hall–Kier alpha value is -1.86. The summed E-state index contributed by atoms with van der Waals surface area (Å²) < 4.78 is 9.50. The number of anilines is 1. The molecule has 4 rings (SSSR count). The second-order valence-electron chi connectivity index (χ2n) is 7.61. The van der Waals surface area contributed by atoms with E-state index in [-0.39, 0.29) is 11.8 Å². The summed E-state index contributed by atoms with van der Waals surface area (Å²) in [5.41, 5.74) is 2.73. The van der Waals surface area contributed by atoms with Crippen molar-refractivity contribution in [2.24, 2.45) is 7.05 Å². The topological polar surface area (TPSA) is 64.3 Å². The highest BCUT2D eigenvalue weighted by Gasteiger charge is 2.28. The van der Waals surface area contributed by atoms with Crippen molar-refractivity contribution in [3.63, 3.8) is 0 Å². The lowest BCUT2D eigenvalue weighted by Gasteiger charge is -2.40. The molecule has 2 aromatic rings. The van der Waals surface area contributed by atoms with Gasteiger partial charge < -0.3 is 19.5 Å². The maximum Gasteiger partial charge on any atom is 0.252 e. The predicted molar refractivity (Wildman–Crippen MR) is 103 cm³/mol. The highest BCUT2D eigenvalue weighted by atomic mass is 16.5. The number of fused-ring (bicyclic) bond motifs is 1. The van der Waals surface area contributed by atoms with E-state index in [1.165, 1.54) is 0 Å². The molecule has 0 saturated carbocycles. The van der Waals surface area contributed by atoms with Gasteiger partial charge in [-0.2, -0.15) is 5.10 Å². The average molecular weight is 359 g/mol. The number of hydrogen-bond acceptors (Lipinski definition) is 5. The SMILES string of the molecule is CC[C@@H]1CN(c2cc(=O)n(C)c3cn(C4CCCCO4)nc23)[C@@H](C)CN1. The van der Waals surface area contributed by atoms with Crippen LogP contribution in [0.15, 0.2) is 17.1 Å². The van der Waals surface area contributed by atoms with Crippen LogP contribution in [0.5, 0.6) is 0 Å². The summed E-state index contributed by atoms with van der Waals surface area (Å²) in [7, 11) is 1.82. The van der Waals surface area contributed by atoms with E-state index in [1.807, 2.05) is 17.9 Å². The molecular weight excluding hydrogens is 330 g/mol. The number of nitrogens with one attached hydrogen (secondary N) is 1.